The first-order valence-electron chi connectivity index (χ1n) is 4.80. The van der Waals surface area contributed by atoms with Crippen LogP contribution in [0.1, 0.15) is 20.8 Å². The van der Waals surface area contributed by atoms with Crippen molar-refractivity contribution in [3.05, 3.63) is 22.9 Å². The molecule has 0 aliphatic heterocycles. The van der Waals surface area contributed by atoms with Crippen molar-refractivity contribution in [2.75, 3.05) is 0 Å². The summed E-state index contributed by atoms with van der Waals surface area (Å²) in [6.07, 6.45) is 0. The summed E-state index contributed by atoms with van der Waals surface area (Å²) in [5.74, 6) is 0. The summed E-state index contributed by atoms with van der Waals surface area (Å²) in [5, 5.41) is 6.06. The third-order valence-corrected chi connectivity index (χ3v) is 3.80. The molecule has 0 atom stereocenters. The summed E-state index contributed by atoms with van der Waals surface area (Å²) >= 11 is 0.500. The Labute approximate surface area is 95.0 Å². The predicted octanol–water partition coefficient (Wildman–Crippen LogP) is 4.09. The summed E-state index contributed by atoms with van der Waals surface area (Å²) in [5.41, 5.74) is 2.72. The van der Waals surface area contributed by atoms with Crippen molar-refractivity contribution in [3.63, 3.8) is 0 Å². The topological polar surface area (TPSA) is 0 Å². The molecule has 0 radical (unpaired) electrons. The molecule has 0 aliphatic carbocycles. The van der Waals surface area contributed by atoms with Crippen molar-refractivity contribution >= 4 is 8.80 Å². The molecule has 0 heterocycles. The molecule has 13 heavy (non-hydrogen) atoms. The maximum atomic E-state index is 3.97. The van der Waals surface area contributed by atoms with Crippen molar-refractivity contribution in [2.45, 2.75) is 44.3 Å². The molecular weight excluding hydrogens is 208 g/mol. The molecule has 0 nitrogen and oxygen atoms in total. The normalized spacial score (nSPS) is 8.62. The first kappa shape index (κ1) is 15.9. The average Bonchev–Trinajstić information content (AvgIpc) is 1.84. The van der Waals surface area contributed by atoms with Gasteiger partial charge in [0.05, 0.1) is 8.80 Å². The van der Waals surface area contributed by atoms with Crippen molar-refractivity contribution in [3.8, 4) is 0 Å². The molecule has 2 heteroatoms. The molecule has 0 aromatic carbocycles. The van der Waals surface area contributed by atoms with E-state index in [2.05, 4.69) is 50.9 Å². The van der Waals surface area contributed by atoms with Gasteiger partial charge in [-0.25, -0.2) is 0 Å². The molecule has 0 spiro atoms. The third-order valence-electron chi connectivity index (χ3n) is 1.58. The fraction of sp³-hybridized carbons (Fsp3) is 0.636. The summed E-state index contributed by atoms with van der Waals surface area (Å²) in [7, 11) is -0.621. The summed E-state index contributed by atoms with van der Waals surface area (Å²) in [6, 6.07) is 0. The Morgan fingerprint density at radius 3 is 1.38 bits per heavy atom. The van der Waals surface area contributed by atoms with Gasteiger partial charge in [0, 0.05) is 0 Å². The van der Waals surface area contributed by atoms with Crippen molar-refractivity contribution < 1.29 is 19.2 Å². The van der Waals surface area contributed by atoms with E-state index in [0.717, 1.165) is 0 Å². The van der Waals surface area contributed by atoms with Crippen LogP contribution >= 0.6 is 0 Å². The van der Waals surface area contributed by atoms with Crippen LogP contribution in [0.25, 0.3) is 0 Å². The van der Waals surface area contributed by atoms with Gasteiger partial charge in [-0.3, -0.25) is 0 Å². The van der Waals surface area contributed by atoms with Gasteiger partial charge in [0.1, 0.15) is 0 Å². The van der Waals surface area contributed by atoms with Gasteiger partial charge in [-0.15, -0.1) is 0 Å². The minimum atomic E-state index is -0.621. The second kappa shape index (κ2) is 8.99. The summed E-state index contributed by atoms with van der Waals surface area (Å²) in [6.45, 7) is 15.1. The molecule has 76 valence electrons. The molecule has 0 aromatic heterocycles. The molecule has 0 aromatic rings. The van der Waals surface area contributed by atoms with Crippen LogP contribution in [0.4, 0.5) is 0 Å². The van der Waals surface area contributed by atoms with Gasteiger partial charge < -0.3 is 0 Å². The van der Waals surface area contributed by atoms with Crippen LogP contribution in [0.3, 0.4) is 0 Å². The van der Waals surface area contributed by atoms with E-state index < -0.39 is 8.80 Å². The maximum absolute atomic E-state index is 3.97. The Bertz CT molecular complexity index is 177. The Balaban J connectivity index is 0. The fourth-order valence-electron chi connectivity index (χ4n) is 1.50. The number of rotatable bonds is 2. The molecule has 0 saturated heterocycles. The van der Waals surface area contributed by atoms with Crippen LogP contribution in [0, 0.1) is 0 Å². The van der Waals surface area contributed by atoms with Crippen LogP contribution < -0.4 is 0 Å². The first-order chi connectivity index (χ1) is 5.88. The molecular formula is C11H24SiTi. The fourth-order valence-corrected chi connectivity index (χ4v) is 3.64. The minimum absolute atomic E-state index is 0.500. The zero-order valence-corrected chi connectivity index (χ0v) is 13.0. The average molecular weight is 232 g/mol. The summed E-state index contributed by atoms with van der Waals surface area (Å²) < 4.78 is 0. The Morgan fingerprint density at radius 2 is 1.38 bits per heavy atom. The van der Waals surface area contributed by atoms with E-state index in [1.807, 2.05) is 0 Å². The Morgan fingerprint density at radius 1 is 1.08 bits per heavy atom. The Kier molecular flexibility index (Phi) is 11.0. The molecule has 0 bridgehead atoms. The Hall–Kier alpha value is 0.411. The van der Waals surface area contributed by atoms with Crippen molar-refractivity contribution in [1.82, 2.24) is 0 Å². The van der Waals surface area contributed by atoms with Gasteiger partial charge in [0.15, 0.2) is 0 Å². The zero-order valence-electron chi connectivity index (χ0n) is 10.3. The van der Waals surface area contributed by atoms with Gasteiger partial charge in [-0.1, -0.05) is 36.0 Å². The quantitative estimate of drug-likeness (QED) is 0.497. The van der Waals surface area contributed by atoms with Gasteiger partial charge in [-0.2, -0.15) is 0 Å². The van der Waals surface area contributed by atoms with Crippen molar-refractivity contribution in [1.29, 1.82) is 0 Å². The third kappa shape index (κ3) is 8.73. The van der Waals surface area contributed by atoms with E-state index in [1.165, 1.54) is 11.1 Å². The summed E-state index contributed by atoms with van der Waals surface area (Å²) in [4.78, 5) is 0. The standard InChI is InChI=1S/C9H18Si.2CH3.Ti/c1-7(2)9(8(3)4)10(5)6;;;/h10H,1H2,2-6H3;2*1H3;. The first-order valence-corrected chi connectivity index (χ1v) is 10.8. The number of hydrogen-bond donors (Lipinski definition) is 0. The van der Waals surface area contributed by atoms with E-state index in [4.69, 9.17) is 0 Å². The van der Waals surface area contributed by atoms with Crippen LogP contribution in [0.5, 0.6) is 0 Å². The predicted molar refractivity (Wildman–Crippen MR) is 63.8 cm³/mol. The second-order valence-electron chi connectivity index (χ2n) is 3.85. The number of allylic oxidation sites excluding steroid dienone is 3. The monoisotopic (exact) mass is 232 g/mol. The van der Waals surface area contributed by atoms with Gasteiger partial charge in [-0.05, 0) is 20.8 Å². The second-order valence-corrected chi connectivity index (χ2v) is 8.30. The van der Waals surface area contributed by atoms with Crippen LogP contribution in [0.15, 0.2) is 22.9 Å². The van der Waals surface area contributed by atoms with E-state index in [-0.39, 0.29) is 0 Å². The molecule has 0 saturated carbocycles. The van der Waals surface area contributed by atoms with Crippen molar-refractivity contribution in [2.24, 2.45) is 0 Å². The molecule has 0 rings (SSSR count). The van der Waals surface area contributed by atoms with Crippen LogP contribution in [0.2, 0.25) is 23.6 Å². The SMILES string of the molecule is C=C(C)C(=C(C)C)[SiH](C)C.[CH3][Ti][CH3]. The van der Waals surface area contributed by atoms with Gasteiger partial charge in [0.25, 0.3) is 0 Å². The molecule has 0 unspecified atom stereocenters. The van der Waals surface area contributed by atoms with E-state index in [1.54, 1.807) is 5.20 Å². The molecule has 0 amide bonds. The zero-order chi connectivity index (χ0) is 11.0. The number of hydrogen-bond acceptors (Lipinski definition) is 0. The van der Waals surface area contributed by atoms with E-state index in [9.17, 15) is 0 Å². The van der Waals surface area contributed by atoms with Crippen LogP contribution in [-0.2, 0) is 19.2 Å². The molecule has 0 aliphatic rings. The van der Waals surface area contributed by atoms with E-state index in [0.29, 0.717) is 19.2 Å². The van der Waals surface area contributed by atoms with Crippen LogP contribution in [-0.4, -0.2) is 8.80 Å². The molecule has 0 fully saturated rings. The molecule has 0 N–H and O–H groups in total. The van der Waals surface area contributed by atoms with Gasteiger partial charge in [0.2, 0.25) is 0 Å². The van der Waals surface area contributed by atoms with Gasteiger partial charge >= 0.3 is 29.6 Å². The van der Waals surface area contributed by atoms with E-state index >= 15 is 0 Å².